The lowest BCUT2D eigenvalue weighted by molar-refractivity contribution is -0.115. The summed E-state index contributed by atoms with van der Waals surface area (Å²) in [5.41, 5.74) is 0.338. The quantitative estimate of drug-likeness (QED) is 0.595. The van der Waals surface area contributed by atoms with Gasteiger partial charge in [-0.1, -0.05) is 18.2 Å². The molecule has 1 aliphatic heterocycles. The van der Waals surface area contributed by atoms with E-state index in [1.54, 1.807) is 18.2 Å². The molecule has 1 heterocycles. The molecule has 1 atom stereocenters. The van der Waals surface area contributed by atoms with E-state index in [0.29, 0.717) is 5.56 Å². The molecule has 3 aromatic carbocycles. The van der Waals surface area contributed by atoms with Crippen LogP contribution in [-0.4, -0.2) is 20.1 Å². The van der Waals surface area contributed by atoms with Gasteiger partial charge in [-0.05, 0) is 42.5 Å². The lowest BCUT2D eigenvalue weighted by Gasteiger charge is -2.26. The molecule has 1 N–H and O–H groups in total. The first-order chi connectivity index (χ1) is 14.8. The van der Waals surface area contributed by atoms with E-state index < -0.39 is 38.8 Å². The molecule has 0 bridgehead atoms. The van der Waals surface area contributed by atoms with Crippen LogP contribution < -0.4 is 9.62 Å². The van der Waals surface area contributed by atoms with Crippen LogP contribution >= 0.6 is 11.8 Å². The molecule has 4 rings (SSSR count). The smallest absolute Gasteiger partial charge is 0.261 e. The van der Waals surface area contributed by atoms with Crippen molar-refractivity contribution in [1.82, 2.24) is 0 Å². The van der Waals surface area contributed by atoms with Gasteiger partial charge in [-0.15, -0.1) is 11.8 Å². The first-order valence-corrected chi connectivity index (χ1v) is 11.6. The number of hydrogen-bond donors (Lipinski definition) is 1. The molecule has 5 nitrogen and oxygen atoms in total. The highest BCUT2D eigenvalue weighted by Crippen LogP contribution is 2.45. The third-order valence-corrected chi connectivity index (χ3v) is 7.21. The van der Waals surface area contributed by atoms with Gasteiger partial charge in [-0.3, -0.25) is 14.4 Å². The number of amides is 1. The maximum Gasteiger partial charge on any atom is 0.261 e. The SMILES string of the molecule is O=C1CSC(c2ccccc2NS(=O)(=O)c2ccc(F)cc2)N1c1cc(F)ccc1F. The van der Waals surface area contributed by atoms with Crippen molar-refractivity contribution < 1.29 is 26.4 Å². The number of carbonyl (C=O) groups excluding carboxylic acids is 1. The van der Waals surface area contributed by atoms with Gasteiger partial charge in [-0.2, -0.15) is 0 Å². The van der Waals surface area contributed by atoms with Crippen molar-refractivity contribution in [1.29, 1.82) is 0 Å². The van der Waals surface area contributed by atoms with E-state index in [9.17, 15) is 26.4 Å². The predicted molar refractivity (Wildman–Crippen MR) is 113 cm³/mol. The zero-order valence-corrected chi connectivity index (χ0v) is 17.4. The first-order valence-electron chi connectivity index (χ1n) is 9.02. The number of rotatable bonds is 5. The summed E-state index contributed by atoms with van der Waals surface area (Å²) in [6, 6.07) is 13.5. The average molecular weight is 464 g/mol. The Morgan fingerprint density at radius 2 is 1.61 bits per heavy atom. The van der Waals surface area contributed by atoms with Gasteiger partial charge in [0.15, 0.2) is 0 Å². The van der Waals surface area contributed by atoms with E-state index in [1.165, 1.54) is 6.07 Å². The molecule has 1 fully saturated rings. The lowest BCUT2D eigenvalue weighted by Crippen LogP contribution is -2.29. The van der Waals surface area contributed by atoms with Gasteiger partial charge >= 0.3 is 0 Å². The zero-order chi connectivity index (χ0) is 22.2. The summed E-state index contributed by atoms with van der Waals surface area (Å²) in [5, 5.41) is -0.782. The molecule has 1 unspecified atom stereocenters. The maximum absolute atomic E-state index is 14.4. The second kappa shape index (κ2) is 8.27. The van der Waals surface area contributed by atoms with E-state index in [0.717, 1.165) is 59.1 Å². The zero-order valence-electron chi connectivity index (χ0n) is 15.8. The van der Waals surface area contributed by atoms with Crippen LogP contribution in [0.4, 0.5) is 24.5 Å². The Kier molecular flexibility index (Phi) is 5.67. The van der Waals surface area contributed by atoms with Crippen LogP contribution in [0.2, 0.25) is 0 Å². The number of nitrogens with one attached hydrogen (secondary N) is 1. The number of carbonyl (C=O) groups is 1. The van der Waals surface area contributed by atoms with Crippen molar-refractivity contribution in [3.8, 4) is 0 Å². The second-order valence-electron chi connectivity index (χ2n) is 6.67. The number of benzene rings is 3. The molecular formula is C21H15F3N2O3S2. The topological polar surface area (TPSA) is 66.5 Å². The van der Waals surface area contributed by atoms with E-state index in [-0.39, 0.29) is 22.0 Å². The molecule has 160 valence electrons. The lowest BCUT2D eigenvalue weighted by atomic mass is 10.1. The minimum Gasteiger partial charge on any atom is -0.292 e. The van der Waals surface area contributed by atoms with Crippen LogP contribution in [0.1, 0.15) is 10.9 Å². The number of sulfonamides is 1. The van der Waals surface area contributed by atoms with E-state index in [2.05, 4.69) is 4.72 Å². The summed E-state index contributed by atoms with van der Waals surface area (Å²) in [7, 11) is -4.06. The van der Waals surface area contributed by atoms with Crippen LogP contribution in [0.5, 0.6) is 0 Å². The fraction of sp³-hybridized carbons (Fsp3) is 0.0952. The van der Waals surface area contributed by atoms with Crippen LogP contribution in [0, 0.1) is 17.5 Å². The molecule has 1 saturated heterocycles. The van der Waals surface area contributed by atoms with Crippen molar-refractivity contribution in [2.24, 2.45) is 0 Å². The van der Waals surface area contributed by atoms with Gasteiger partial charge in [0.25, 0.3) is 10.0 Å². The standard InChI is InChI=1S/C21H15F3N2O3S2/c22-13-5-8-15(9-6-13)31(28,29)25-18-4-2-1-3-16(18)21-26(20(27)12-30-21)19-11-14(23)7-10-17(19)24/h1-11,21,25H,12H2. The number of halogens is 3. The second-order valence-corrected chi connectivity index (χ2v) is 9.42. The Morgan fingerprint density at radius 3 is 2.35 bits per heavy atom. The summed E-state index contributed by atoms with van der Waals surface area (Å²) in [6.45, 7) is 0. The molecular weight excluding hydrogens is 449 g/mol. The van der Waals surface area contributed by atoms with Crippen LogP contribution in [0.15, 0.2) is 71.6 Å². The minimum atomic E-state index is -4.06. The van der Waals surface area contributed by atoms with Gasteiger partial charge in [0.05, 0.1) is 22.0 Å². The molecule has 0 aromatic heterocycles. The number of hydrogen-bond acceptors (Lipinski definition) is 4. The van der Waals surface area contributed by atoms with Crippen molar-refractivity contribution in [2.45, 2.75) is 10.3 Å². The molecule has 1 aliphatic rings. The van der Waals surface area contributed by atoms with Crippen molar-refractivity contribution in [3.05, 3.63) is 89.7 Å². The summed E-state index contributed by atoms with van der Waals surface area (Å²) in [5.74, 6) is -2.47. The first kappa shape index (κ1) is 21.3. The van der Waals surface area contributed by atoms with E-state index in [4.69, 9.17) is 0 Å². The monoisotopic (exact) mass is 464 g/mol. The van der Waals surface area contributed by atoms with Crippen LogP contribution in [0.25, 0.3) is 0 Å². The van der Waals surface area contributed by atoms with E-state index in [1.807, 2.05) is 0 Å². The Labute approximate surface area is 180 Å². The molecule has 0 saturated carbocycles. The van der Waals surface area contributed by atoms with Gasteiger partial charge in [0, 0.05) is 11.6 Å². The number of para-hydroxylation sites is 1. The largest absolute Gasteiger partial charge is 0.292 e. The minimum absolute atomic E-state index is 0.0136. The van der Waals surface area contributed by atoms with Gasteiger partial charge in [0.1, 0.15) is 22.8 Å². The highest BCUT2D eigenvalue weighted by atomic mass is 32.2. The number of nitrogens with zero attached hydrogens (tertiary/aromatic N) is 1. The molecule has 10 heteroatoms. The molecule has 0 radical (unpaired) electrons. The average Bonchev–Trinajstić information content (AvgIpc) is 3.11. The molecule has 1 amide bonds. The Morgan fingerprint density at radius 1 is 0.935 bits per heavy atom. The third-order valence-electron chi connectivity index (χ3n) is 4.63. The van der Waals surface area contributed by atoms with Gasteiger partial charge in [-0.25, -0.2) is 21.6 Å². The number of anilines is 2. The summed E-state index contributed by atoms with van der Waals surface area (Å²) in [6.07, 6.45) is 0. The normalized spacial score (nSPS) is 16.5. The molecule has 3 aromatic rings. The number of thioether (sulfide) groups is 1. The van der Waals surface area contributed by atoms with Gasteiger partial charge < -0.3 is 0 Å². The van der Waals surface area contributed by atoms with Crippen molar-refractivity contribution >= 4 is 39.1 Å². The van der Waals surface area contributed by atoms with Gasteiger partial charge in [0.2, 0.25) is 5.91 Å². The molecule has 31 heavy (non-hydrogen) atoms. The Balaban J connectivity index is 1.73. The fourth-order valence-electron chi connectivity index (χ4n) is 3.21. The summed E-state index contributed by atoms with van der Waals surface area (Å²) >= 11 is 1.16. The van der Waals surface area contributed by atoms with E-state index >= 15 is 0 Å². The Bertz CT molecular complexity index is 1250. The maximum atomic E-state index is 14.4. The predicted octanol–water partition coefficient (Wildman–Crippen LogP) is 4.68. The third kappa shape index (κ3) is 4.26. The van der Waals surface area contributed by atoms with Crippen molar-refractivity contribution in [2.75, 3.05) is 15.4 Å². The van der Waals surface area contributed by atoms with Crippen LogP contribution in [0.3, 0.4) is 0 Å². The summed E-state index contributed by atoms with van der Waals surface area (Å²) in [4.78, 5) is 13.5. The highest BCUT2D eigenvalue weighted by molar-refractivity contribution is 8.00. The molecule has 0 spiro atoms. The summed E-state index contributed by atoms with van der Waals surface area (Å²) < 4.78 is 69.3. The molecule has 0 aliphatic carbocycles. The highest BCUT2D eigenvalue weighted by Gasteiger charge is 2.37. The Hall–Kier alpha value is -2.98. The fourth-order valence-corrected chi connectivity index (χ4v) is 5.50. The van der Waals surface area contributed by atoms with Crippen molar-refractivity contribution in [3.63, 3.8) is 0 Å². The van der Waals surface area contributed by atoms with Crippen LogP contribution in [-0.2, 0) is 14.8 Å².